The number of amides is 2. The van der Waals surface area contributed by atoms with E-state index >= 15 is 0 Å². The van der Waals surface area contributed by atoms with Crippen molar-refractivity contribution in [1.29, 1.82) is 0 Å². The lowest BCUT2D eigenvalue weighted by Gasteiger charge is -2.28. The van der Waals surface area contributed by atoms with E-state index in [-0.39, 0.29) is 22.8 Å². The summed E-state index contributed by atoms with van der Waals surface area (Å²) >= 11 is 0. The number of para-hydroxylation sites is 1. The molecule has 2 amide bonds. The highest BCUT2D eigenvalue weighted by molar-refractivity contribution is 7.92. The maximum absolute atomic E-state index is 13.2. The molecule has 0 aliphatic carbocycles. The summed E-state index contributed by atoms with van der Waals surface area (Å²) < 4.78 is 38.8. The van der Waals surface area contributed by atoms with E-state index in [1.807, 2.05) is 6.92 Å². The molecule has 2 rings (SSSR count). The second-order valence-electron chi connectivity index (χ2n) is 6.86. The van der Waals surface area contributed by atoms with Crippen LogP contribution in [0.5, 0.6) is 0 Å². The van der Waals surface area contributed by atoms with Gasteiger partial charge in [-0.1, -0.05) is 25.5 Å². The molecular weight excluding hydrogens is 409 g/mol. The molecule has 1 atom stereocenters. The largest absolute Gasteiger partial charge is 0.352 e. The molecule has 0 saturated heterocycles. The van der Waals surface area contributed by atoms with Crippen LogP contribution in [0.3, 0.4) is 0 Å². The normalized spacial score (nSPS) is 12.1. The third-order valence-corrected chi connectivity index (χ3v) is 5.66. The number of hydrogen-bond acceptors (Lipinski definition) is 4. The van der Waals surface area contributed by atoms with E-state index in [1.54, 1.807) is 24.3 Å². The lowest BCUT2D eigenvalue weighted by Crippen LogP contribution is -2.45. The fraction of sp³-hybridized carbons (Fsp3) is 0.333. The van der Waals surface area contributed by atoms with E-state index in [0.717, 1.165) is 35.5 Å². The Morgan fingerprint density at radius 2 is 1.73 bits per heavy atom. The Hall–Kier alpha value is -2.94. The number of benzene rings is 2. The first kappa shape index (κ1) is 23.3. The molecule has 0 saturated carbocycles. The molecule has 0 radical (unpaired) electrons. The van der Waals surface area contributed by atoms with Gasteiger partial charge in [-0.2, -0.15) is 0 Å². The summed E-state index contributed by atoms with van der Waals surface area (Å²) in [5.74, 6) is -1.48. The maximum atomic E-state index is 13.2. The Morgan fingerprint density at radius 3 is 2.33 bits per heavy atom. The van der Waals surface area contributed by atoms with Gasteiger partial charge in [0.15, 0.2) is 0 Å². The summed E-state index contributed by atoms with van der Waals surface area (Å²) in [6, 6.07) is 10.2. The molecule has 0 aliphatic heterocycles. The molecule has 2 aromatic carbocycles. The van der Waals surface area contributed by atoms with Crippen LogP contribution >= 0.6 is 0 Å². The number of carbonyl (C=O) groups excluding carboxylic acids is 2. The number of rotatable bonds is 9. The zero-order chi connectivity index (χ0) is 22.3. The predicted octanol–water partition coefficient (Wildman–Crippen LogP) is 3.15. The van der Waals surface area contributed by atoms with Crippen LogP contribution in [-0.4, -0.2) is 39.1 Å². The third-order valence-electron chi connectivity index (χ3n) is 4.42. The first-order valence-electron chi connectivity index (χ1n) is 9.58. The Bertz CT molecular complexity index is 994. The van der Waals surface area contributed by atoms with Gasteiger partial charge in [0.1, 0.15) is 11.9 Å². The predicted molar refractivity (Wildman–Crippen MR) is 115 cm³/mol. The summed E-state index contributed by atoms with van der Waals surface area (Å²) in [6.07, 6.45) is 2.73. The van der Waals surface area contributed by atoms with Crippen molar-refractivity contribution in [2.45, 2.75) is 32.7 Å². The monoisotopic (exact) mass is 435 g/mol. The van der Waals surface area contributed by atoms with E-state index in [1.165, 1.54) is 19.1 Å². The first-order chi connectivity index (χ1) is 14.1. The molecule has 2 aromatic rings. The van der Waals surface area contributed by atoms with Gasteiger partial charge in [-0.15, -0.1) is 0 Å². The minimum Gasteiger partial charge on any atom is -0.352 e. The van der Waals surface area contributed by atoms with E-state index in [0.29, 0.717) is 6.54 Å². The standard InChI is InChI=1S/C21H26FN3O4S/c1-4-5-14-23-21(27)18-8-6-7-9-19(18)24-20(26)15(2)25(30(3,28)29)17-12-10-16(22)11-13-17/h6-13,15H,4-5,14H2,1-3H3,(H,23,27)(H,24,26). The summed E-state index contributed by atoms with van der Waals surface area (Å²) in [5.41, 5.74) is 0.713. The fourth-order valence-corrected chi connectivity index (χ4v) is 4.07. The number of carbonyl (C=O) groups is 2. The molecule has 0 aliphatic rings. The number of unbranched alkanes of at least 4 members (excludes halogenated alkanes) is 1. The Balaban J connectivity index is 2.25. The van der Waals surface area contributed by atoms with Crippen LogP contribution in [0.25, 0.3) is 0 Å². The summed E-state index contributed by atoms with van der Waals surface area (Å²) in [6.45, 7) is 3.94. The van der Waals surface area contributed by atoms with Crippen molar-refractivity contribution in [1.82, 2.24) is 5.32 Å². The third kappa shape index (κ3) is 6.03. The average Bonchev–Trinajstić information content (AvgIpc) is 2.69. The molecule has 0 spiro atoms. The highest BCUT2D eigenvalue weighted by Gasteiger charge is 2.29. The lowest BCUT2D eigenvalue weighted by molar-refractivity contribution is -0.116. The van der Waals surface area contributed by atoms with Gasteiger partial charge in [0.25, 0.3) is 5.91 Å². The Morgan fingerprint density at radius 1 is 1.10 bits per heavy atom. The number of nitrogens with zero attached hydrogens (tertiary/aromatic N) is 1. The Labute approximate surface area is 176 Å². The van der Waals surface area contributed by atoms with Crippen molar-refractivity contribution in [3.05, 3.63) is 59.9 Å². The number of halogens is 1. The highest BCUT2D eigenvalue weighted by Crippen LogP contribution is 2.23. The van der Waals surface area contributed by atoms with Gasteiger partial charge in [-0.3, -0.25) is 13.9 Å². The molecule has 0 aromatic heterocycles. The van der Waals surface area contributed by atoms with E-state index < -0.39 is 27.8 Å². The Kier molecular flexibility index (Phi) is 7.93. The van der Waals surface area contributed by atoms with E-state index in [4.69, 9.17) is 0 Å². The van der Waals surface area contributed by atoms with Gasteiger partial charge < -0.3 is 10.6 Å². The van der Waals surface area contributed by atoms with Crippen molar-refractivity contribution in [3.63, 3.8) is 0 Å². The molecule has 0 bridgehead atoms. The van der Waals surface area contributed by atoms with E-state index in [9.17, 15) is 22.4 Å². The van der Waals surface area contributed by atoms with Crippen LogP contribution in [0.2, 0.25) is 0 Å². The van der Waals surface area contributed by atoms with Crippen molar-refractivity contribution in [2.24, 2.45) is 0 Å². The molecule has 0 heterocycles. The molecule has 162 valence electrons. The van der Waals surface area contributed by atoms with Gasteiger partial charge >= 0.3 is 0 Å². The number of hydrogen-bond donors (Lipinski definition) is 2. The molecule has 1 unspecified atom stereocenters. The van der Waals surface area contributed by atoms with Crippen LogP contribution < -0.4 is 14.9 Å². The number of anilines is 2. The average molecular weight is 436 g/mol. The molecule has 7 nitrogen and oxygen atoms in total. The van der Waals surface area contributed by atoms with Crippen LogP contribution in [0.1, 0.15) is 37.0 Å². The molecular formula is C21H26FN3O4S. The van der Waals surface area contributed by atoms with E-state index in [2.05, 4.69) is 10.6 Å². The molecule has 0 fully saturated rings. The van der Waals surface area contributed by atoms with Gasteiger partial charge in [0.2, 0.25) is 15.9 Å². The molecule has 30 heavy (non-hydrogen) atoms. The quantitative estimate of drug-likeness (QED) is 0.592. The topological polar surface area (TPSA) is 95.6 Å². The van der Waals surface area contributed by atoms with Crippen LogP contribution in [-0.2, 0) is 14.8 Å². The molecule has 2 N–H and O–H groups in total. The van der Waals surface area contributed by atoms with Crippen LogP contribution in [0, 0.1) is 5.82 Å². The van der Waals surface area contributed by atoms with Crippen molar-refractivity contribution < 1.29 is 22.4 Å². The first-order valence-corrected chi connectivity index (χ1v) is 11.4. The number of sulfonamides is 1. The van der Waals surface area contributed by atoms with Crippen molar-refractivity contribution >= 4 is 33.2 Å². The second kappa shape index (κ2) is 10.2. The summed E-state index contributed by atoms with van der Waals surface area (Å²) in [4.78, 5) is 25.3. The summed E-state index contributed by atoms with van der Waals surface area (Å²) in [5, 5.41) is 5.42. The van der Waals surface area contributed by atoms with Gasteiger partial charge in [0, 0.05) is 6.54 Å². The van der Waals surface area contributed by atoms with Crippen molar-refractivity contribution in [3.8, 4) is 0 Å². The zero-order valence-corrected chi connectivity index (χ0v) is 18.0. The van der Waals surface area contributed by atoms with Gasteiger partial charge in [-0.05, 0) is 49.7 Å². The van der Waals surface area contributed by atoms with Gasteiger partial charge in [0.05, 0.1) is 23.2 Å². The minimum atomic E-state index is -3.84. The maximum Gasteiger partial charge on any atom is 0.253 e. The minimum absolute atomic E-state index is 0.159. The van der Waals surface area contributed by atoms with Crippen LogP contribution in [0.15, 0.2) is 48.5 Å². The highest BCUT2D eigenvalue weighted by atomic mass is 32.2. The van der Waals surface area contributed by atoms with Crippen molar-refractivity contribution in [2.75, 3.05) is 22.4 Å². The fourth-order valence-electron chi connectivity index (χ4n) is 2.90. The smallest absolute Gasteiger partial charge is 0.253 e. The van der Waals surface area contributed by atoms with Gasteiger partial charge in [-0.25, -0.2) is 12.8 Å². The number of nitrogens with one attached hydrogen (secondary N) is 2. The van der Waals surface area contributed by atoms with Crippen LogP contribution in [0.4, 0.5) is 15.8 Å². The zero-order valence-electron chi connectivity index (χ0n) is 17.2. The summed E-state index contributed by atoms with van der Waals surface area (Å²) in [7, 11) is -3.84. The SMILES string of the molecule is CCCCNC(=O)c1ccccc1NC(=O)C(C)N(c1ccc(F)cc1)S(C)(=O)=O. The lowest BCUT2D eigenvalue weighted by atomic mass is 10.1. The second-order valence-corrected chi connectivity index (χ2v) is 8.71. The molecule has 9 heteroatoms.